The van der Waals surface area contributed by atoms with Crippen molar-refractivity contribution in [1.29, 1.82) is 0 Å². The van der Waals surface area contributed by atoms with Crippen LogP contribution in [0.4, 0.5) is 5.69 Å². The maximum atomic E-state index is 12.6. The number of hydrogen-bond donors (Lipinski definition) is 1. The number of amides is 2. The minimum atomic E-state index is -0.740. The number of carbonyl (C=O) groups excluding carboxylic acids is 2. The molecule has 2 amide bonds. The fourth-order valence-electron chi connectivity index (χ4n) is 3.23. The van der Waals surface area contributed by atoms with Crippen LogP contribution in [0, 0.1) is 10.1 Å². The third kappa shape index (κ3) is 6.35. The number of nitro groups is 1. The van der Waals surface area contributed by atoms with E-state index in [0.29, 0.717) is 35.4 Å². The molecule has 1 heterocycles. The number of nitro benzene ring substituents is 1. The smallest absolute Gasteiger partial charge is 0.283 e. The van der Waals surface area contributed by atoms with Crippen LogP contribution in [-0.4, -0.2) is 71.6 Å². The molecule has 11 heteroatoms. The summed E-state index contributed by atoms with van der Waals surface area (Å²) >= 11 is 7.16. The summed E-state index contributed by atoms with van der Waals surface area (Å²) in [4.78, 5) is 38.8. The first-order valence-electron chi connectivity index (χ1n) is 9.93. The summed E-state index contributed by atoms with van der Waals surface area (Å²) in [6.45, 7) is 3.81. The van der Waals surface area contributed by atoms with E-state index in [1.807, 2.05) is 18.2 Å². The number of primary amides is 1. The first kappa shape index (κ1) is 23.8. The second-order valence-corrected chi connectivity index (χ2v) is 8.52. The van der Waals surface area contributed by atoms with Gasteiger partial charge >= 0.3 is 0 Å². The van der Waals surface area contributed by atoms with E-state index in [0.717, 1.165) is 37.5 Å². The van der Waals surface area contributed by atoms with Crippen molar-refractivity contribution in [3.8, 4) is 5.75 Å². The molecule has 0 atom stereocenters. The number of nitrogens with zero attached hydrogens (tertiary/aromatic N) is 3. The van der Waals surface area contributed by atoms with Gasteiger partial charge in [-0.25, -0.2) is 0 Å². The van der Waals surface area contributed by atoms with Crippen LogP contribution < -0.4 is 10.5 Å². The monoisotopic (exact) mass is 478 g/mol. The number of halogens is 1. The number of ether oxygens (including phenoxy) is 1. The van der Waals surface area contributed by atoms with Crippen LogP contribution in [0.15, 0.2) is 47.4 Å². The van der Waals surface area contributed by atoms with Gasteiger partial charge in [-0.05, 0) is 24.3 Å². The Morgan fingerprint density at radius 1 is 1.16 bits per heavy atom. The van der Waals surface area contributed by atoms with Gasteiger partial charge < -0.3 is 15.4 Å². The van der Waals surface area contributed by atoms with Gasteiger partial charge in [0.1, 0.15) is 12.4 Å². The highest BCUT2D eigenvalue weighted by molar-refractivity contribution is 8.00. The molecule has 2 aromatic rings. The summed E-state index contributed by atoms with van der Waals surface area (Å²) < 4.78 is 5.71. The standard InChI is InChI=1S/C21H23ClN4O5S/c22-16-3-1-2-4-18(16)31-12-11-24-7-9-25(10-8-24)20(27)14-32-19-6-5-15(21(23)28)13-17(19)26(29)30/h1-6,13H,7-12,14H2,(H2,23,28). The molecule has 1 aliphatic rings. The average molecular weight is 479 g/mol. The average Bonchev–Trinajstić information content (AvgIpc) is 2.79. The summed E-state index contributed by atoms with van der Waals surface area (Å²) in [6, 6.07) is 11.3. The molecule has 0 unspecified atom stereocenters. The van der Waals surface area contributed by atoms with Crippen LogP contribution in [0.3, 0.4) is 0 Å². The van der Waals surface area contributed by atoms with Gasteiger partial charge in [-0.2, -0.15) is 0 Å². The Hall–Kier alpha value is -2.82. The lowest BCUT2D eigenvalue weighted by Crippen LogP contribution is -2.50. The first-order valence-corrected chi connectivity index (χ1v) is 11.3. The molecule has 2 N–H and O–H groups in total. The van der Waals surface area contributed by atoms with Crippen molar-refractivity contribution in [2.24, 2.45) is 5.73 Å². The van der Waals surface area contributed by atoms with Crippen molar-refractivity contribution in [3.05, 3.63) is 63.2 Å². The molecule has 0 radical (unpaired) electrons. The zero-order valence-electron chi connectivity index (χ0n) is 17.2. The van der Waals surface area contributed by atoms with E-state index in [1.54, 1.807) is 11.0 Å². The van der Waals surface area contributed by atoms with Gasteiger partial charge in [0, 0.05) is 44.4 Å². The number of para-hydroxylation sites is 1. The predicted octanol–water partition coefficient (Wildman–Crippen LogP) is 2.66. The molecular weight excluding hydrogens is 456 g/mol. The third-order valence-corrected chi connectivity index (χ3v) is 6.38. The Balaban J connectivity index is 1.44. The van der Waals surface area contributed by atoms with Crippen LogP contribution in [0.25, 0.3) is 0 Å². The molecule has 32 heavy (non-hydrogen) atoms. The summed E-state index contributed by atoms with van der Waals surface area (Å²) in [5.41, 5.74) is 5.01. The van der Waals surface area contributed by atoms with E-state index in [9.17, 15) is 19.7 Å². The number of thioether (sulfide) groups is 1. The summed E-state index contributed by atoms with van der Waals surface area (Å²) in [6.07, 6.45) is 0. The molecule has 1 aliphatic heterocycles. The fraction of sp³-hybridized carbons (Fsp3) is 0.333. The molecule has 170 valence electrons. The lowest BCUT2D eigenvalue weighted by Gasteiger charge is -2.34. The predicted molar refractivity (Wildman–Crippen MR) is 122 cm³/mol. The zero-order chi connectivity index (χ0) is 23.1. The van der Waals surface area contributed by atoms with Crippen LogP contribution in [-0.2, 0) is 4.79 Å². The number of piperazine rings is 1. The summed E-state index contributed by atoms with van der Waals surface area (Å²) in [5, 5.41) is 11.9. The van der Waals surface area contributed by atoms with E-state index in [1.165, 1.54) is 12.1 Å². The van der Waals surface area contributed by atoms with Crippen molar-refractivity contribution in [1.82, 2.24) is 9.80 Å². The van der Waals surface area contributed by atoms with Crippen LogP contribution in [0.5, 0.6) is 5.75 Å². The van der Waals surface area contributed by atoms with Crippen molar-refractivity contribution in [3.63, 3.8) is 0 Å². The Kier molecular flexibility index (Phi) is 8.32. The first-order chi connectivity index (χ1) is 15.3. The molecule has 2 aromatic carbocycles. The molecule has 1 saturated heterocycles. The summed E-state index contributed by atoms with van der Waals surface area (Å²) in [5.74, 6) is -0.101. The summed E-state index contributed by atoms with van der Waals surface area (Å²) in [7, 11) is 0. The van der Waals surface area contributed by atoms with Crippen LogP contribution in [0.1, 0.15) is 10.4 Å². The van der Waals surface area contributed by atoms with E-state index >= 15 is 0 Å². The van der Waals surface area contributed by atoms with Gasteiger partial charge in [0.2, 0.25) is 11.8 Å². The van der Waals surface area contributed by atoms with Gasteiger partial charge in [0.25, 0.3) is 5.69 Å². The normalized spacial score (nSPS) is 14.2. The number of benzene rings is 2. The Bertz CT molecular complexity index is 998. The van der Waals surface area contributed by atoms with Gasteiger partial charge in [-0.15, -0.1) is 11.8 Å². The number of carbonyl (C=O) groups is 2. The maximum absolute atomic E-state index is 12.6. The number of nitrogens with two attached hydrogens (primary N) is 1. The number of hydrogen-bond acceptors (Lipinski definition) is 7. The highest BCUT2D eigenvalue weighted by Gasteiger charge is 2.23. The van der Waals surface area contributed by atoms with E-state index in [2.05, 4.69) is 4.90 Å². The highest BCUT2D eigenvalue weighted by Crippen LogP contribution is 2.30. The fourth-order valence-corrected chi connectivity index (χ4v) is 4.33. The zero-order valence-corrected chi connectivity index (χ0v) is 18.8. The van der Waals surface area contributed by atoms with Crippen LogP contribution >= 0.6 is 23.4 Å². The lowest BCUT2D eigenvalue weighted by molar-refractivity contribution is -0.387. The molecule has 1 fully saturated rings. The molecule has 0 saturated carbocycles. The minimum absolute atomic E-state index is 0.0574. The van der Waals surface area contributed by atoms with Crippen molar-refractivity contribution in [2.45, 2.75) is 4.90 Å². The van der Waals surface area contributed by atoms with Gasteiger partial charge in [0.15, 0.2) is 0 Å². The lowest BCUT2D eigenvalue weighted by atomic mass is 10.2. The van der Waals surface area contributed by atoms with Crippen molar-refractivity contribution in [2.75, 3.05) is 45.1 Å². The minimum Gasteiger partial charge on any atom is -0.491 e. The SMILES string of the molecule is NC(=O)c1ccc(SCC(=O)N2CCN(CCOc3ccccc3Cl)CC2)c([N+](=O)[O-])c1. The second-order valence-electron chi connectivity index (χ2n) is 7.09. The quantitative estimate of drug-likeness (QED) is 0.334. The Morgan fingerprint density at radius 3 is 2.53 bits per heavy atom. The van der Waals surface area contributed by atoms with E-state index in [4.69, 9.17) is 22.1 Å². The molecule has 0 bridgehead atoms. The van der Waals surface area contributed by atoms with Crippen LogP contribution in [0.2, 0.25) is 5.02 Å². The Labute approximate surface area is 194 Å². The molecule has 3 rings (SSSR count). The van der Waals surface area contributed by atoms with Crippen molar-refractivity contribution < 1.29 is 19.2 Å². The van der Waals surface area contributed by atoms with Gasteiger partial charge in [-0.3, -0.25) is 24.6 Å². The molecule has 0 spiro atoms. The topological polar surface area (TPSA) is 119 Å². The molecule has 9 nitrogen and oxygen atoms in total. The largest absolute Gasteiger partial charge is 0.491 e. The molecule has 0 aliphatic carbocycles. The van der Waals surface area contributed by atoms with Gasteiger partial charge in [-0.1, -0.05) is 23.7 Å². The van der Waals surface area contributed by atoms with Gasteiger partial charge in [0.05, 0.1) is 20.6 Å². The second kappa shape index (κ2) is 11.2. The van der Waals surface area contributed by atoms with E-state index < -0.39 is 10.8 Å². The highest BCUT2D eigenvalue weighted by atomic mass is 35.5. The van der Waals surface area contributed by atoms with Crippen molar-refractivity contribution >= 4 is 40.9 Å². The molecular formula is C21H23ClN4O5S. The number of rotatable bonds is 9. The Morgan fingerprint density at radius 2 is 1.88 bits per heavy atom. The van der Waals surface area contributed by atoms with E-state index in [-0.39, 0.29) is 22.9 Å². The maximum Gasteiger partial charge on any atom is 0.283 e. The third-order valence-electron chi connectivity index (χ3n) is 5.02. The molecule has 0 aromatic heterocycles.